The second kappa shape index (κ2) is 7.14. The third-order valence-electron chi connectivity index (χ3n) is 4.90. The van der Waals surface area contributed by atoms with Gasteiger partial charge in [-0.05, 0) is 36.1 Å². The van der Waals surface area contributed by atoms with Crippen LogP contribution in [0.2, 0.25) is 0 Å². The van der Waals surface area contributed by atoms with Crippen LogP contribution in [0.4, 0.5) is 4.39 Å². The van der Waals surface area contributed by atoms with Gasteiger partial charge in [0.1, 0.15) is 5.82 Å². The molecule has 1 aliphatic heterocycles. The molecule has 2 aromatic rings. The first kappa shape index (κ1) is 16.7. The fourth-order valence-corrected chi connectivity index (χ4v) is 3.44. The number of hydrogen-bond donors (Lipinski definition) is 1. The number of carbonyl (C=O) groups is 1. The van der Waals surface area contributed by atoms with E-state index in [1.165, 1.54) is 12.1 Å². The lowest BCUT2D eigenvalue weighted by molar-refractivity contribution is -0.136. The molecule has 0 saturated carbocycles. The van der Waals surface area contributed by atoms with Crippen molar-refractivity contribution in [3.05, 3.63) is 71.5 Å². The van der Waals surface area contributed by atoms with Gasteiger partial charge in [0.25, 0.3) is 0 Å². The Kier molecular flexibility index (Phi) is 4.95. The first-order valence-electron chi connectivity index (χ1n) is 8.44. The SMILES string of the molecule is C[C@H](C(=O)N1CCC[C@H]1c1ccc(F)cc1)[C@H](N)c1ccccc1. The predicted molar refractivity (Wildman–Crippen MR) is 92.6 cm³/mol. The summed E-state index contributed by atoms with van der Waals surface area (Å²) < 4.78 is 13.2. The van der Waals surface area contributed by atoms with Gasteiger partial charge in [-0.2, -0.15) is 0 Å². The minimum Gasteiger partial charge on any atom is -0.335 e. The number of hydrogen-bond acceptors (Lipinski definition) is 2. The van der Waals surface area contributed by atoms with Crippen LogP contribution in [0.5, 0.6) is 0 Å². The predicted octanol–water partition coefficient (Wildman–Crippen LogP) is 3.83. The second-order valence-electron chi connectivity index (χ2n) is 6.47. The molecule has 1 heterocycles. The monoisotopic (exact) mass is 326 g/mol. The fourth-order valence-electron chi connectivity index (χ4n) is 3.44. The lowest BCUT2D eigenvalue weighted by Gasteiger charge is -2.30. The van der Waals surface area contributed by atoms with Crippen LogP contribution in [0.3, 0.4) is 0 Å². The van der Waals surface area contributed by atoms with Crippen molar-refractivity contribution >= 4 is 5.91 Å². The minimum atomic E-state index is -0.326. The van der Waals surface area contributed by atoms with Crippen molar-refractivity contribution in [2.24, 2.45) is 11.7 Å². The quantitative estimate of drug-likeness (QED) is 0.928. The molecule has 0 spiro atoms. The summed E-state index contributed by atoms with van der Waals surface area (Å²) in [5.41, 5.74) is 8.27. The largest absolute Gasteiger partial charge is 0.335 e. The molecule has 1 fully saturated rings. The lowest BCUT2D eigenvalue weighted by Crippen LogP contribution is -2.39. The Bertz CT molecular complexity index is 687. The summed E-state index contributed by atoms with van der Waals surface area (Å²) in [5.74, 6) is -0.485. The van der Waals surface area contributed by atoms with E-state index in [2.05, 4.69) is 0 Å². The van der Waals surface area contributed by atoms with E-state index >= 15 is 0 Å². The third-order valence-corrected chi connectivity index (χ3v) is 4.90. The summed E-state index contributed by atoms with van der Waals surface area (Å²) in [7, 11) is 0. The summed E-state index contributed by atoms with van der Waals surface area (Å²) in [6.45, 7) is 2.62. The first-order chi connectivity index (χ1) is 11.6. The lowest BCUT2D eigenvalue weighted by atomic mass is 9.93. The van der Waals surface area contributed by atoms with E-state index in [0.29, 0.717) is 0 Å². The molecule has 4 heteroatoms. The van der Waals surface area contributed by atoms with Gasteiger partial charge < -0.3 is 10.6 Å². The average molecular weight is 326 g/mol. The van der Waals surface area contributed by atoms with E-state index in [9.17, 15) is 9.18 Å². The molecule has 3 rings (SSSR count). The van der Waals surface area contributed by atoms with Crippen molar-refractivity contribution in [1.82, 2.24) is 4.90 Å². The molecule has 0 aromatic heterocycles. The van der Waals surface area contributed by atoms with E-state index < -0.39 is 0 Å². The molecule has 0 unspecified atom stereocenters. The zero-order valence-electron chi connectivity index (χ0n) is 13.9. The molecular formula is C20H23FN2O. The second-order valence-corrected chi connectivity index (χ2v) is 6.47. The van der Waals surface area contributed by atoms with Crippen LogP contribution in [-0.4, -0.2) is 17.4 Å². The first-order valence-corrected chi connectivity index (χ1v) is 8.44. The van der Waals surface area contributed by atoms with Gasteiger partial charge >= 0.3 is 0 Å². The number of rotatable bonds is 4. The minimum absolute atomic E-state index is 0.0172. The molecule has 3 nitrogen and oxygen atoms in total. The Balaban J connectivity index is 1.76. The van der Waals surface area contributed by atoms with Crippen LogP contribution >= 0.6 is 0 Å². The molecule has 0 aliphatic carbocycles. The molecule has 3 atom stereocenters. The number of nitrogens with two attached hydrogens (primary N) is 1. The molecule has 1 saturated heterocycles. The van der Waals surface area contributed by atoms with Gasteiger partial charge in [0.05, 0.1) is 12.0 Å². The summed E-state index contributed by atoms with van der Waals surface area (Å²) in [6.07, 6.45) is 1.87. The molecule has 2 aromatic carbocycles. The number of halogens is 1. The maximum atomic E-state index is 13.2. The number of carbonyl (C=O) groups excluding carboxylic acids is 1. The van der Waals surface area contributed by atoms with Crippen LogP contribution in [0.25, 0.3) is 0 Å². The zero-order chi connectivity index (χ0) is 17.1. The molecule has 0 radical (unpaired) electrons. The van der Waals surface area contributed by atoms with E-state index in [1.54, 1.807) is 12.1 Å². The molecule has 1 amide bonds. The van der Waals surface area contributed by atoms with E-state index in [-0.39, 0.29) is 29.7 Å². The van der Waals surface area contributed by atoms with Gasteiger partial charge in [-0.3, -0.25) is 4.79 Å². The van der Waals surface area contributed by atoms with Crippen molar-refractivity contribution in [3.63, 3.8) is 0 Å². The van der Waals surface area contributed by atoms with Crippen LogP contribution < -0.4 is 5.73 Å². The number of likely N-dealkylation sites (tertiary alicyclic amines) is 1. The van der Waals surface area contributed by atoms with Crippen LogP contribution in [0, 0.1) is 11.7 Å². The number of amides is 1. The van der Waals surface area contributed by atoms with Crippen molar-refractivity contribution in [2.45, 2.75) is 31.8 Å². The van der Waals surface area contributed by atoms with Gasteiger partial charge in [0.15, 0.2) is 0 Å². The number of benzene rings is 2. The van der Waals surface area contributed by atoms with Crippen LogP contribution in [0.1, 0.15) is 43.0 Å². The fraction of sp³-hybridized carbons (Fsp3) is 0.350. The Labute approximate surface area is 142 Å². The van der Waals surface area contributed by atoms with Crippen LogP contribution in [-0.2, 0) is 4.79 Å². The van der Waals surface area contributed by atoms with Gasteiger partial charge in [0.2, 0.25) is 5.91 Å². The van der Waals surface area contributed by atoms with E-state index in [1.807, 2.05) is 42.2 Å². The summed E-state index contributed by atoms with van der Waals surface area (Å²) >= 11 is 0. The highest BCUT2D eigenvalue weighted by molar-refractivity contribution is 5.80. The van der Waals surface area contributed by atoms with Crippen LogP contribution in [0.15, 0.2) is 54.6 Å². The normalized spacial score (nSPS) is 20.0. The standard InChI is InChI=1S/C20H23FN2O/c1-14(19(22)16-6-3-2-4-7-16)20(24)23-13-5-8-18(23)15-9-11-17(21)12-10-15/h2-4,6-7,9-12,14,18-19H,5,8,13,22H2,1H3/t14-,18-,19-/m0/s1. The van der Waals surface area contributed by atoms with E-state index in [4.69, 9.17) is 5.73 Å². The topological polar surface area (TPSA) is 46.3 Å². The number of nitrogens with zero attached hydrogens (tertiary/aromatic N) is 1. The third kappa shape index (κ3) is 3.34. The summed E-state index contributed by atoms with van der Waals surface area (Å²) in [5, 5.41) is 0. The van der Waals surface area contributed by atoms with Crippen molar-refractivity contribution in [1.29, 1.82) is 0 Å². The highest BCUT2D eigenvalue weighted by Crippen LogP contribution is 2.34. The average Bonchev–Trinajstić information content (AvgIpc) is 3.11. The molecule has 1 aliphatic rings. The van der Waals surface area contributed by atoms with Gasteiger partial charge in [-0.1, -0.05) is 49.4 Å². The van der Waals surface area contributed by atoms with Crippen molar-refractivity contribution in [3.8, 4) is 0 Å². The van der Waals surface area contributed by atoms with Gasteiger partial charge in [0, 0.05) is 12.6 Å². The molecular weight excluding hydrogens is 303 g/mol. The van der Waals surface area contributed by atoms with Gasteiger partial charge in [-0.15, -0.1) is 0 Å². The smallest absolute Gasteiger partial charge is 0.227 e. The molecule has 0 bridgehead atoms. The van der Waals surface area contributed by atoms with Crippen molar-refractivity contribution in [2.75, 3.05) is 6.54 Å². The molecule has 2 N–H and O–H groups in total. The Morgan fingerprint density at radius 2 is 1.83 bits per heavy atom. The van der Waals surface area contributed by atoms with Crippen molar-refractivity contribution < 1.29 is 9.18 Å². The van der Waals surface area contributed by atoms with Gasteiger partial charge in [-0.25, -0.2) is 4.39 Å². The summed E-state index contributed by atoms with van der Waals surface area (Å²) in [4.78, 5) is 14.9. The highest BCUT2D eigenvalue weighted by Gasteiger charge is 2.34. The Morgan fingerprint density at radius 1 is 1.17 bits per heavy atom. The molecule has 24 heavy (non-hydrogen) atoms. The summed E-state index contributed by atoms with van der Waals surface area (Å²) in [6, 6.07) is 15.9. The highest BCUT2D eigenvalue weighted by atomic mass is 19.1. The Hall–Kier alpha value is -2.20. The maximum Gasteiger partial charge on any atom is 0.227 e. The van der Waals surface area contributed by atoms with E-state index in [0.717, 1.165) is 30.5 Å². The maximum absolute atomic E-state index is 13.2. The zero-order valence-corrected chi connectivity index (χ0v) is 13.9. The molecule has 126 valence electrons. The Morgan fingerprint density at radius 3 is 2.50 bits per heavy atom.